The van der Waals surface area contributed by atoms with E-state index in [4.69, 9.17) is 4.74 Å². The number of nitrogens with zero attached hydrogens (tertiary/aromatic N) is 2. The summed E-state index contributed by atoms with van der Waals surface area (Å²) in [5.41, 5.74) is 1.27. The molecule has 2 aromatic carbocycles. The van der Waals surface area contributed by atoms with Gasteiger partial charge in [0, 0.05) is 37.3 Å². The Balaban J connectivity index is 1.39. The van der Waals surface area contributed by atoms with Crippen molar-refractivity contribution in [1.82, 2.24) is 9.97 Å². The third kappa shape index (κ3) is 6.65. The normalized spacial score (nSPS) is 13.4. The highest BCUT2D eigenvalue weighted by molar-refractivity contribution is 5.93. The van der Waals surface area contributed by atoms with E-state index >= 15 is 0 Å². The van der Waals surface area contributed by atoms with Gasteiger partial charge in [-0.2, -0.15) is 0 Å². The van der Waals surface area contributed by atoms with Gasteiger partial charge in [-0.05, 0) is 66.8 Å². The SMILES string of the molecule is Cc1cc(Oc2cc(NC(=O)C3CC3)ncn2)ccc1CC(=O)Cc1cc(F)cc(C(C)(F)F)c1. The molecule has 0 aliphatic heterocycles. The number of rotatable bonds is 9. The lowest BCUT2D eigenvalue weighted by molar-refractivity contribution is -0.118. The zero-order chi connectivity index (χ0) is 25.2. The Labute approximate surface area is 200 Å². The number of alkyl halides is 2. The van der Waals surface area contributed by atoms with Crippen LogP contribution >= 0.6 is 0 Å². The van der Waals surface area contributed by atoms with Crippen LogP contribution in [0.4, 0.5) is 19.0 Å². The third-order valence-electron chi connectivity index (χ3n) is 5.63. The molecule has 182 valence electrons. The number of amides is 1. The number of halogens is 3. The van der Waals surface area contributed by atoms with E-state index in [1.54, 1.807) is 18.2 Å². The number of hydrogen-bond donors (Lipinski definition) is 1. The lowest BCUT2D eigenvalue weighted by atomic mass is 9.97. The Kier molecular flexibility index (Phi) is 6.86. The van der Waals surface area contributed by atoms with Crippen LogP contribution in [-0.4, -0.2) is 21.7 Å². The van der Waals surface area contributed by atoms with Gasteiger partial charge < -0.3 is 10.1 Å². The standard InChI is InChI=1S/C26H24F3N3O3/c1-15-7-22(35-24-13-23(30-14-31-24)32-25(34)17-3-4-17)6-5-18(15)11-21(33)10-16-8-19(26(2,28)29)12-20(27)9-16/h5-9,12-14,17H,3-4,10-11H2,1-2H3,(H,30,31,32,34). The maximum Gasteiger partial charge on any atom is 0.270 e. The van der Waals surface area contributed by atoms with Gasteiger partial charge in [0.15, 0.2) is 0 Å². The maximum atomic E-state index is 13.8. The van der Waals surface area contributed by atoms with Crippen molar-refractivity contribution in [3.63, 3.8) is 0 Å². The molecule has 3 aromatic rings. The predicted octanol–water partition coefficient (Wildman–Crippen LogP) is 5.53. The number of nitrogens with one attached hydrogen (secondary N) is 1. The van der Waals surface area contributed by atoms with E-state index in [1.165, 1.54) is 12.4 Å². The van der Waals surface area contributed by atoms with Crippen LogP contribution < -0.4 is 10.1 Å². The van der Waals surface area contributed by atoms with E-state index in [1.807, 2.05) is 6.92 Å². The van der Waals surface area contributed by atoms with Crippen LogP contribution in [0.5, 0.6) is 11.6 Å². The van der Waals surface area contributed by atoms with Gasteiger partial charge in [-0.1, -0.05) is 6.07 Å². The van der Waals surface area contributed by atoms with E-state index in [-0.39, 0.29) is 41.9 Å². The first kappa shape index (κ1) is 24.4. The molecule has 1 aliphatic rings. The minimum absolute atomic E-state index is 0.0443. The van der Waals surface area contributed by atoms with Crippen molar-refractivity contribution in [2.75, 3.05) is 5.32 Å². The van der Waals surface area contributed by atoms with Crippen LogP contribution in [0.15, 0.2) is 48.8 Å². The molecule has 4 rings (SSSR count). The van der Waals surface area contributed by atoms with Crippen molar-refractivity contribution >= 4 is 17.5 Å². The fourth-order valence-corrected chi connectivity index (χ4v) is 3.60. The topological polar surface area (TPSA) is 81.2 Å². The number of Topliss-reactive ketones (excluding diaryl/α,β-unsaturated/α-hetero) is 1. The van der Waals surface area contributed by atoms with Crippen molar-refractivity contribution < 1.29 is 27.5 Å². The molecule has 1 aromatic heterocycles. The molecule has 0 radical (unpaired) electrons. The highest BCUT2D eigenvalue weighted by Gasteiger charge is 2.30. The van der Waals surface area contributed by atoms with E-state index < -0.39 is 17.3 Å². The Morgan fingerprint density at radius 2 is 1.86 bits per heavy atom. The van der Waals surface area contributed by atoms with Crippen molar-refractivity contribution in [1.29, 1.82) is 0 Å². The summed E-state index contributed by atoms with van der Waals surface area (Å²) in [5.74, 6) is -3.17. The Bertz CT molecular complexity index is 1270. The first-order valence-corrected chi connectivity index (χ1v) is 11.2. The van der Waals surface area contributed by atoms with Crippen molar-refractivity contribution in [2.45, 2.75) is 45.5 Å². The van der Waals surface area contributed by atoms with Gasteiger partial charge in [0.25, 0.3) is 5.92 Å². The summed E-state index contributed by atoms with van der Waals surface area (Å²) < 4.78 is 46.7. The Morgan fingerprint density at radius 1 is 1.09 bits per heavy atom. The quantitative estimate of drug-likeness (QED) is 0.433. The first-order valence-electron chi connectivity index (χ1n) is 11.2. The number of ether oxygens (including phenoxy) is 1. The number of ketones is 1. The van der Waals surface area contributed by atoms with Gasteiger partial charge in [0.2, 0.25) is 11.8 Å². The molecular formula is C26H24F3N3O3. The molecule has 1 saturated carbocycles. The number of anilines is 1. The van der Waals surface area contributed by atoms with E-state index in [2.05, 4.69) is 15.3 Å². The van der Waals surface area contributed by atoms with Crippen LogP contribution in [0.1, 0.15) is 42.0 Å². The molecular weight excluding hydrogens is 459 g/mol. The van der Waals surface area contributed by atoms with Gasteiger partial charge in [0.1, 0.15) is 29.5 Å². The van der Waals surface area contributed by atoms with Crippen LogP contribution in [0.2, 0.25) is 0 Å². The van der Waals surface area contributed by atoms with Crippen molar-refractivity contribution in [3.05, 3.63) is 76.9 Å². The predicted molar refractivity (Wildman–Crippen MR) is 123 cm³/mol. The molecule has 1 heterocycles. The zero-order valence-corrected chi connectivity index (χ0v) is 19.3. The second-order valence-corrected chi connectivity index (χ2v) is 8.82. The average Bonchev–Trinajstić information content (AvgIpc) is 3.60. The van der Waals surface area contributed by atoms with E-state index in [0.29, 0.717) is 18.5 Å². The average molecular weight is 483 g/mol. The number of hydrogen-bond acceptors (Lipinski definition) is 5. The van der Waals surface area contributed by atoms with Crippen molar-refractivity contribution in [3.8, 4) is 11.6 Å². The number of aromatic nitrogens is 2. The smallest absolute Gasteiger partial charge is 0.270 e. The summed E-state index contributed by atoms with van der Waals surface area (Å²) in [6.45, 7) is 2.50. The summed E-state index contributed by atoms with van der Waals surface area (Å²) in [6.07, 6.45) is 2.96. The summed E-state index contributed by atoms with van der Waals surface area (Å²) >= 11 is 0. The molecule has 35 heavy (non-hydrogen) atoms. The lowest BCUT2D eigenvalue weighted by Crippen LogP contribution is -2.14. The Hall–Kier alpha value is -3.75. The van der Waals surface area contributed by atoms with Gasteiger partial charge in [0.05, 0.1) is 0 Å². The minimum Gasteiger partial charge on any atom is -0.439 e. The fraction of sp³-hybridized carbons (Fsp3) is 0.308. The molecule has 1 N–H and O–H groups in total. The number of benzene rings is 2. The highest BCUT2D eigenvalue weighted by Crippen LogP contribution is 2.31. The molecule has 1 aliphatic carbocycles. The van der Waals surface area contributed by atoms with Gasteiger partial charge in [-0.3, -0.25) is 9.59 Å². The summed E-state index contributed by atoms with van der Waals surface area (Å²) in [6, 6.07) is 9.71. The van der Waals surface area contributed by atoms with Crippen LogP contribution in [0.25, 0.3) is 0 Å². The number of carbonyl (C=O) groups excluding carboxylic acids is 2. The second-order valence-electron chi connectivity index (χ2n) is 8.82. The second kappa shape index (κ2) is 9.85. The van der Waals surface area contributed by atoms with Crippen LogP contribution in [-0.2, 0) is 28.4 Å². The molecule has 0 unspecified atom stereocenters. The molecule has 1 fully saturated rings. The van der Waals surface area contributed by atoms with Gasteiger partial charge in [-0.15, -0.1) is 0 Å². The van der Waals surface area contributed by atoms with E-state index in [9.17, 15) is 22.8 Å². The molecule has 6 nitrogen and oxygen atoms in total. The summed E-state index contributed by atoms with van der Waals surface area (Å²) in [7, 11) is 0. The van der Waals surface area contributed by atoms with Crippen molar-refractivity contribution in [2.24, 2.45) is 5.92 Å². The lowest BCUT2D eigenvalue weighted by Gasteiger charge is -2.13. The molecule has 0 saturated heterocycles. The molecule has 0 atom stereocenters. The van der Waals surface area contributed by atoms with Crippen LogP contribution in [0, 0.1) is 18.7 Å². The van der Waals surface area contributed by atoms with Gasteiger partial charge in [-0.25, -0.2) is 23.1 Å². The monoisotopic (exact) mass is 483 g/mol. The fourth-order valence-electron chi connectivity index (χ4n) is 3.60. The third-order valence-corrected chi connectivity index (χ3v) is 5.63. The summed E-state index contributed by atoms with van der Waals surface area (Å²) in [5, 5.41) is 2.73. The number of aryl methyl sites for hydroxylation is 1. The summed E-state index contributed by atoms with van der Waals surface area (Å²) in [4.78, 5) is 32.6. The Morgan fingerprint density at radius 3 is 2.54 bits per heavy atom. The molecule has 1 amide bonds. The maximum absolute atomic E-state index is 13.8. The van der Waals surface area contributed by atoms with Crippen LogP contribution in [0.3, 0.4) is 0 Å². The van der Waals surface area contributed by atoms with E-state index in [0.717, 1.165) is 42.2 Å². The zero-order valence-electron chi connectivity index (χ0n) is 19.3. The molecule has 0 spiro atoms. The molecule has 9 heteroatoms. The number of carbonyl (C=O) groups is 2. The highest BCUT2D eigenvalue weighted by atomic mass is 19.3. The van der Waals surface area contributed by atoms with Gasteiger partial charge >= 0.3 is 0 Å². The molecule has 0 bridgehead atoms. The minimum atomic E-state index is -3.19. The largest absolute Gasteiger partial charge is 0.439 e. The first-order chi connectivity index (χ1) is 16.6.